The topological polar surface area (TPSA) is 43.6 Å². The van der Waals surface area contributed by atoms with Crippen LogP contribution in [-0.2, 0) is 13.2 Å². The molecule has 1 aromatic carbocycles. The fourth-order valence-corrected chi connectivity index (χ4v) is 1.87. The van der Waals surface area contributed by atoms with Crippen LogP contribution in [0, 0.1) is 0 Å². The van der Waals surface area contributed by atoms with E-state index in [0.29, 0.717) is 6.61 Å². The Hall–Kier alpha value is -1.94. The van der Waals surface area contributed by atoms with Crippen molar-refractivity contribution in [2.24, 2.45) is 0 Å². The molecule has 0 radical (unpaired) electrons. The maximum absolute atomic E-state index is 5.71. The molecule has 2 rings (SSSR count). The summed E-state index contributed by atoms with van der Waals surface area (Å²) in [6.07, 6.45) is 1.12. The minimum absolute atomic E-state index is 0.397. The van der Waals surface area contributed by atoms with E-state index in [9.17, 15) is 0 Å². The third kappa shape index (κ3) is 4.03. The minimum Gasteiger partial charge on any atom is -0.493 e. The van der Waals surface area contributed by atoms with Crippen molar-refractivity contribution in [1.29, 1.82) is 0 Å². The molecule has 0 bridgehead atoms. The van der Waals surface area contributed by atoms with E-state index in [1.165, 1.54) is 0 Å². The molecule has 1 aromatic heterocycles. The van der Waals surface area contributed by atoms with Crippen LogP contribution in [0.25, 0.3) is 0 Å². The van der Waals surface area contributed by atoms with Gasteiger partial charge in [-0.15, -0.1) is 0 Å². The first-order valence-electron chi connectivity index (χ1n) is 6.87. The van der Waals surface area contributed by atoms with Crippen molar-refractivity contribution in [2.75, 3.05) is 13.7 Å². The molecule has 20 heavy (non-hydrogen) atoms. The van der Waals surface area contributed by atoms with Gasteiger partial charge in [-0.2, -0.15) is 0 Å². The van der Waals surface area contributed by atoms with Crippen LogP contribution in [0.15, 0.2) is 40.8 Å². The molecule has 0 saturated heterocycles. The van der Waals surface area contributed by atoms with Gasteiger partial charge in [-0.3, -0.25) is 0 Å². The van der Waals surface area contributed by atoms with Crippen molar-refractivity contribution in [1.82, 2.24) is 5.32 Å². The third-order valence-electron chi connectivity index (χ3n) is 2.88. The van der Waals surface area contributed by atoms with E-state index in [1.807, 2.05) is 36.4 Å². The van der Waals surface area contributed by atoms with Gasteiger partial charge in [0.05, 0.1) is 13.7 Å². The number of para-hydroxylation sites is 2. The molecule has 1 N–H and O–H groups in total. The van der Waals surface area contributed by atoms with Gasteiger partial charge in [-0.1, -0.05) is 19.1 Å². The summed E-state index contributed by atoms with van der Waals surface area (Å²) in [7, 11) is 1.63. The molecule has 4 nitrogen and oxygen atoms in total. The number of hydrogen-bond donors (Lipinski definition) is 1. The first kappa shape index (κ1) is 14.5. The Labute approximate surface area is 119 Å². The van der Waals surface area contributed by atoms with E-state index in [1.54, 1.807) is 7.11 Å². The van der Waals surface area contributed by atoms with E-state index in [0.717, 1.165) is 42.5 Å². The number of nitrogens with one attached hydrogen (secondary N) is 1. The highest BCUT2D eigenvalue weighted by atomic mass is 16.5. The summed E-state index contributed by atoms with van der Waals surface area (Å²) in [5.74, 6) is 3.18. The molecule has 4 heteroatoms. The first-order chi connectivity index (χ1) is 9.83. The predicted molar refractivity (Wildman–Crippen MR) is 78.0 cm³/mol. The standard InChI is InChI=1S/C16H21NO3/c1-3-10-17-11-13-8-9-14(20-13)12-19-16-7-5-4-6-15(16)18-2/h4-9,17H,3,10-12H2,1-2H3. The van der Waals surface area contributed by atoms with Gasteiger partial charge in [-0.25, -0.2) is 0 Å². The Morgan fingerprint density at radius 1 is 1.05 bits per heavy atom. The lowest BCUT2D eigenvalue weighted by Crippen LogP contribution is -2.13. The summed E-state index contributed by atoms with van der Waals surface area (Å²) in [6.45, 7) is 4.28. The van der Waals surface area contributed by atoms with Crippen LogP contribution < -0.4 is 14.8 Å². The lowest BCUT2D eigenvalue weighted by Gasteiger charge is -2.08. The lowest BCUT2D eigenvalue weighted by atomic mass is 10.3. The van der Waals surface area contributed by atoms with E-state index < -0.39 is 0 Å². The molecule has 2 aromatic rings. The normalized spacial score (nSPS) is 10.5. The van der Waals surface area contributed by atoms with Crippen LogP contribution in [0.1, 0.15) is 24.9 Å². The van der Waals surface area contributed by atoms with Crippen LogP contribution in [0.5, 0.6) is 11.5 Å². The summed E-state index contributed by atoms with van der Waals surface area (Å²) in [5, 5.41) is 3.30. The van der Waals surface area contributed by atoms with E-state index in [4.69, 9.17) is 13.9 Å². The highest BCUT2D eigenvalue weighted by Crippen LogP contribution is 2.26. The number of hydrogen-bond acceptors (Lipinski definition) is 4. The molecule has 0 unspecified atom stereocenters. The number of benzene rings is 1. The molecule has 0 fully saturated rings. The Balaban J connectivity index is 1.87. The lowest BCUT2D eigenvalue weighted by molar-refractivity contribution is 0.252. The molecule has 0 atom stereocenters. The van der Waals surface area contributed by atoms with Crippen LogP contribution in [0.4, 0.5) is 0 Å². The Morgan fingerprint density at radius 3 is 2.55 bits per heavy atom. The maximum Gasteiger partial charge on any atom is 0.161 e. The van der Waals surface area contributed by atoms with E-state index in [-0.39, 0.29) is 0 Å². The van der Waals surface area contributed by atoms with Crippen LogP contribution in [-0.4, -0.2) is 13.7 Å². The number of rotatable bonds is 8. The van der Waals surface area contributed by atoms with Gasteiger partial charge in [0, 0.05) is 0 Å². The van der Waals surface area contributed by atoms with Crippen molar-refractivity contribution in [3.63, 3.8) is 0 Å². The smallest absolute Gasteiger partial charge is 0.161 e. The Bertz CT molecular complexity index is 522. The largest absolute Gasteiger partial charge is 0.493 e. The Morgan fingerprint density at radius 2 is 1.80 bits per heavy atom. The van der Waals surface area contributed by atoms with Crippen molar-refractivity contribution >= 4 is 0 Å². The highest BCUT2D eigenvalue weighted by molar-refractivity contribution is 5.39. The van der Waals surface area contributed by atoms with Gasteiger partial charge in [0.1, 0.15) is 18.1 Å². The van der Waals surface area contributed by atoms with E-state index >= 15 is 0 Å². The number of furan rings is 1. The fraction of sp³-hybridized carbons (Fsp3) is 0.375. The zero-order valence-corrected chi connectivity index (χ0v) is 12.0. The minimum atomic E-state index is 0.397. The van der Waals surface area contributed by atoms with Gasteiger partial charge in [-0.05, 0) is 37.2 Å². The quantitative estimate of drug-likeness (QED) is 0.750. The molecular weight excluding hydrogens is 254 g/mol. The second-order valence-electron chi connectivity index (χ2n) is 4.48. The molecule has 0 aliphatic heterocycles. The Kier molecular flexibility index (Phi) is 5.50. The van der Waals surface area contributed by atoms with Gasteiger partial charge in [0.2, 0.25) is 0 Å². The van der Waals surface area contributed by atoms with Crippen molar-refractivity contribution < 1.29 is 13.9 Å². The average molecular weight is 275 g/mol. The maximum atomic E-state index is 5.71. The molecule has 0 aliphatic carbocycles. The van der Waals surface area contributed by atoms with Crippen molar-refractivity contribution in [3.8, 4) is 11.5 Å². The monoisotopic (exact) mass is 275 g/mol. The SMILES string of the molecule is CCCNCc1ccc(COc2ccccc2OC)o1. The van der Waals surface area contributed by atoms with Crippen LogP contribution >= 0.6 is 0 Å². The third-order valence-corrected chi connectivity index (χ3v) is 2.88. The van der Waals surface area contributed by atoms with Crippen molar-refractivity contribution in [3.05, 3.63) is 47.9 Å². The molecule has 108 valence electrons. The number of ether oxygens (including phenoxy) is 2. The van der Waals surface area contributed by atoms with Gasteiger partial charge in [0.15, 0.2) is 11.5 Å². The summed E-state index contributed by atoms with van der Waals surface area (Å²) < 4.78 is 16.6. The molecule has 0 amide bonds. The summed E-state index contributed by atoms with van der Waals surface area (Å²) in [5.41, 5.74) is 0. The number of methoxy groups -OCH3 is 1. The second kappa shape index (κ2) is 7.60. The van der Waals surface area contributed by atoms with Crippen LogP contribution in [0.3, 0.4) is 0 Å². The summed E-state index contributed by atoms with van der Waals surface area (Å²) >= 11 is 0. The fourth-order valence-electron chi connectivity index (χ4n) is 1.87. The highest BCUT2D eigenvalue weighted by Gasteiger charge is 2.06. The predicted octanol–water partition coefficient (Wildman–Crippen LogP) is 3.37. The molecule has 1 heterocycles. The zero-order valence-electron chi connectivity index (χ0n) is 12.0. The van der Waals surface area contributed by atoms with Gasteiger partial charge < -0.3 is 19.2 Å². The zero-order chi connectivity index (χ0) is 14.2. The summed E-state index contributed by atoms with van der Waals surface area (Å²) in [6, 6.07) is 11.5. The second-order valence-corrected chi connectivity index (χ2v) is 4.48. The van der Waals surface area contributed by atoms with E-state index in [2.05, 4.69) is 12.2 Å². The average Bonchev–Trinajstić information content (AvgIpc) is 2.93. The molecular formula is C16H21NO3. The van der Waals surface area contributed by atoms with Crippen molar-refractivity contribution in [2.45, 2.75) is 26.5 Å². The first-order valence-corrected chi connectivity index (χ1v) is 6.87. The van der Waals surface area contributed by atoms with Gasteiger partial charge in [0.25, 0.3) is 0 Å². The molecule has 0 aliphatic rings. The molecule has 0 saturated carbocycles. The summed E-state index contributed by atoms with van der Waals surface area (Å²) in [4.78, 5) is 0. The van der Waals surface area contributed by atoms with Crippen LogP contribution in [0.2, 0.25) is 0 Å². The van der Waals surface area contributed by atoms with Gasteiger partial charge >= 0.3 is 0 Å². The molecule has 0 spiro atoms.